The number of ether oxygens (including phenoxy) is 2. The number of hydrogen-bond donors (Lipinski definition) is 0. The van der Waals surface area contributed by atoms with E-state index in [4.69, 9.17) is 9.47 Å². The van der Waals surface area contributed by atoms with E-state index in [0.29, 0.717) is 0 Å². The summed E-state index contributed by atoms with van der Waals surface area (Å²) in [4.78, 5) is 0. The van der Waals surface area contributed by atoms with Gasteiger partial charge in [-0.15, -0.1) is 0 Å². The third kappa shape index (κ3) is 2.08. The maximum atomic E-state index is 5.27. The molecule has 0 fully saturated rings. The normalized spacial score (nSPS) is 11.7. The lowest BCUT2D eigenvalue weighted by Gasteiger charge is -2.26. The molecule has 0 unspecified atom stereocenters. The molecule has 0 bridgehead atoms. The van der Waals surface area contributed by atoms with Crippen molar-refractivity contribution in [1.82, 2.24) is 0 Å². The van der Waals surface area contributed by atoms with Gasteiger partial charge in [0.15, 0.2) is 5.79 Å². The third-order valence-electron chi connectivity index (χ3n) is 2.26. The van der Waals surface area contributed by atoms with Crippen LogP contribution >= 0.6 is 0 Å². The zero-order valence-electron chi connectivity index (χ0n) is 8.33. The second-order valence-electron chi connectivity index (χ2n) is 3.05. The van der Waals surface area contributed by atoms with Crippen molar-refractivity contribution < 1.29 is 9.47 Å². The third-order valence-corrected chi connectivity index (χ3v) is 2.26. The van der Waals surface area contributed by atoms with Crippen LogP contribution in [-0.4, -0.2) is 14.2 Å². The first-order valence-electron chi connectivity index (χ1n) is 4.15. The number of benzene rings is 1. The van der Waals surface area contributed by atoms with Gasteiger partial charge in [0.2, 0.25) is 0 Å². The molecule has 1 aromatic carbocycles. The number of methoxy groups -OCH3 is 2. The molecule has 1 radical (unpaired) electrons. The molecule has 0 aliphatic rings. The molecule has 0 amide bonds. The lowest BCUT2D eigenvalue weighted by atomic mass is 10.1. The van der Waals surface area contributed by atoms with Gasteiger partial charge in [0, 0.05) is 19.8 Å². The molecule has 0 spiro atoms. The molecule has 0 aliphatic heterocycles. The predicted molar refractivity (Wildman–Crippen MR) is 52.3 cm³/mol. The molecule has 71 valence electrons. The Balaban J connectivity index is 2.99. The van der Waals surface area contributed by atoms with E-state index in [1.165, 1.54) is 0 Å². The molecular weight excluding hydrogens is 164 g/mol. The zero-order valence-corrected chi connectivity index (χ0v) is 8.33. The molecule has 0 aliphatic carbocycles. The van der Waals surface area contributed by atoms with Crippen molar-refractivity contribution >= 4 is 0 Å². The van der Waals surface area contributed by atoms with Crippen molar-refractivity contribution in [2.45, 2.75) is 12.7 Å². The minimum atomic E-state index is -0.659. The van der Waals surface area contributed by atoms with Crippen molar-refractivity contribution in [2.75, 3.05) is 14.2 Å². The molecule has 13 heavy (non-hydrogen) atoms. The highest BCUT2D eigenvalue weighted by atomic mass is 16.7. The van der Waals surface area contributed by atoms with E-state index in [-0.39, 0.29) is 0 Å². The molecule has 2 heteroatoms. The van der Waals surface area contributed by atoms with E-state index < -0.39 is 5.79 Å². The van der Waals surface area contributed by atoms with Crippen molar-refractivity contribution in [2.24, 2.45) is 0 Å². The summed E-state index contributed by atoms with van der Waals surface area (Å²) in [6.07, 6.45) is 0. The van der Waals surface area contributed by atoms with Crippen LogP contribution in [0.3, 0.4) is 0 Å². The first-order valence-corrected chi connectivity index (χ1v) is 4.15. The molecule has 0 N–H and O–H groups in total. The van der Waals surface area contributed by atoms with Crippen LogP contribution in [0.15, 0.2) is 24.3 Å². The van der Waals surface area contributed by atoms with Gasteiger partial charge in [0.25, 0.3) is 0 Å². The van der Waals surface area contributed by atoms with Crippen molar-refractivity contribution in [3.05, 3.63) is 42.3 Å². The van der Waals surface area contributed by atoms with Gasteiger partial charge < -0.3 is 9.47 Å². The fourth-order valence-corrected chi connectivity index (χ4v) is 1.13. The molecule has 0 aromatic heterocycles. The molecule has 2 nitrogen and oxygen atoms in total. The highest BCUT2D eigenvalue weighted by Gasteiger charge is 2.24. The molecule has 1 rings (SSSR count). The summed E-state index contributed by atoms with van der Waals surface area (Å²) >= 11 is 0. The average Bonchev–Trinajstić information content (AvgIpc) is 2.18. The van der Waals surface area contributed by atoms with Gasteiger partial charge in [0.1, 0.15) is 0 Å². The number of hydrogen-bond acceptors (Lipinski definition) is 2. The van der Waals surface area contributed by atoms with Crippen LogP contribution in [0.4, 0.5) is 0 Å². The Labute approximate surface area is 79.5 Å². The molecule has 0 saturated carbocycles. The van der Waals surface area contributed by atoms with Crippen LogP contribution in [0.1, 0.15) is 18.1 Å². The van der Waals surface area contributed by atoms with Gasteiger partial charge in [-0.3, -0.25) is 0 Å². The van der Waals surface area contributed by atoms with Crippen molar-refractivity contribution in [1.29, 1.82) is 0 Å². The number of rotatable bonds is 3. The van der Waals surface area contributed by atoms with Crippen LogP contribution in [0.5, 0.6) is 0 Å². The fourth-order valence-electron chi connectivity index (χ4n) is 1.13. The Morgan fingerprint density at radius 3 is 1.92 bits per heavy atom. The van der Waals surface area contributed by atoms with Crippen LogP contribution in [0.25, 0.3) is 0 Å². The summed E-state index contributed by atoms with van der Waals surface area (Å²) in [6, 6.07) is 7.78. The summed E-state index contributed by atoms with van der Waals surface area (Å²) < 4.78 is 10.5. The second-order valence-corrected chi connectivity index (χ2v) is 3.05. The summed E-state index contributed by atoms with van der Waals surface area (Å²) in [5.74, 6) is -0.659. The molecule has 0 heterocycles. The first kappa shape index (κ1) is 10.2. The Morgan fingerprint density at radius 2 is 1.54 bits per heavy atom. The molecular formula is C11H15O2. The second kappa shape index (κ2) is 3.90. The summed E-state index contributed by atoms with van der Waals surface area (Å²) in [7, 11) is 3.25. The van der Waals surface area contributed by atoms with Crippen LogP contribution in [0, 0.1) is 6.92 Å². The fraction of sp³-hybridized carbons (Fsp3) is 0.364. The summed E-state index contributed by atoms with van der Waals surface area (Å²) in [5.41, 5.74) is 1.98. The Kier molecular flexibility index (Phi) is 3.07. The maximum Gasteiger partial charge on any atom is 0.191 e. The van der Waals surface area contributed by atoms with Gasteiger partial charge in [-0.25, -0.2) is 0 Å². The van der Waals surface area contributed by atoms with Crippen LogP contribution < -0.4 is 0 Å². The minimum absolute atomic E-state index is 0.659. The quantitative estimate of drug-likeness (QED) is 0.663. The van der Waals surface area contributed by atoms with E-state index in [9.17, 15) is 0 Å². The topological polar surface area (TPSA) is 18.5 Å². The van der Waals surface area contributed by atoms with Crippen molar-refractivity contribution in [3.8, 4) is 0 Å². The van der Waals surface area contributed by atoms with Gasteiger partial charge >= 0.3 is 0 Å². The lowest BCUT2D eigenvalue weighted by Crippen LogP contribution is -2.26. The van der Waals surface area contributed by atoms with E-state index in [1.54, 1.807) is 14.2 Å². The largest absolute Gasteiger partial charge is 0.349 e. The smallest absolute Gasteiger partial charge is 0.191 e. The lowest BCUT2D eigenvalue weighted by molar-refractivity contribution is -0.201. The highest BCUT2D eigenvalue weighted by molar-refractivity contribution is 5.26. The summed E-state index contributed by atoms with van der Waals surface area (Å²) in [5, 5.41) is 0. The van der Waals surface area contributed by atoms with E-state index in [1.807, 2.05) is 31.2 Å². The summed E-state index contributed by atoms with van der Waals surface area (Å²) in [6.45, 7) is 5.69. The van der Waals surface area contributed by atoms with E-state index in [0.717, 1.165) is 11.1 Å². The molecule has 0 saturated heterocycles. The predicted octanol–water partition coefficient (Wildman–Crippen LogP) is 2.33. The minimum Gasteiger partial charge on any atom is -0.349 e. The monoisotopic (exact) mass is 179 g/mol. The highest BCUT2D eigenvalue weighted by Crippen LogP contribution is 2.25. The standard InChI is InChI=1S/C11H15O2/c1-9-5-7-10(8-6-9)11(2,12-3)13-4/h5-8H,1H2,2-4H3. The maximum absolute atomic E-state index is 5.27. The SMILES string of the molecule is [CH2]c1ccc(C(C)(OC)OC)cc1. The van der Waals surface area contributed by atoms with Gasteiger partial charge in [0.05, 0.1) is 0 Å². The molecule has 1 aromatic rings. The Morgan fingerprint density at radius 1 is 1.08 bits per heavy atom. The van der Waals surface area contributed by atoms with Gasteiger partial charge in [-0.2, -0.15) is 0 Å². The van der Waals surface area contributed by atoms with E-state index >= 15 is 0 Å². The van der Waals surface area contributed by atoms with Gasteiger partial charge in [-0.1, -0.05) is 24.3 Å². The Hall–Kier alpha value is -0.860. The van der Waals surface area contributed by atoms with E-state index in [2.05, 4.69) is 6.92 Å². The van der Waals surface area contributed by atoms with Crippen LogP contribution in [0.2, 0.25) is 0 Å². The van der Waals surface area contributed by atoms with Gasteiger partial charge in [-0.05, 0) is 19.4 Å². The molecule has 0 atom stereocenters. The van der Waals surface area contributed by atoms with Crippen molar-refractivity contribution in [3.63, 3.8) is 0 Å². The van der Waals surface area contributed by atoms with Crippen LogP contribution in [-0.2, 0) is 15.3 Å². The average molecular weight is 179 g/mol. The Bertz CT molecular complexity index is 260. The zero-order chi connectivity index (χ0) is 9.90. The first-order chi connectivity index (χ1) is 6.12.